The Bertz CT molecular complexity index is 503. The molecular weight excluding hydrogens is 371 g/mol. The fraction of sp³-hybridized carbons (Fsp3) is 0.182. The van der Waals surface area contributed by atoms with Crippen molar-refractivity contribution in [2.45, 2.75) is 13.5 Å². The van der Waals surface area contributed by atoms with E-state index in [0.29, 0.717) is 16.4 Å². The van der Waals surface area contributed by atoms with Crippen LogP contribution in [0.15, 0.2) is 31.9 Å². The number of hydrogen-bond acceptors (Lipinski definition) is 3. The van der Waals surface area contributed by atoms with Crippen molar-refractivity contribution < 1.29 is 4.42 Å². The van der Waals surface area contributed by atoms with Gasteiger partial charge in [-0.15, -0.1) is 0 Å². The molecule has 6 heteroatoms. The van der Waals surface area contributed by atoms with E-state index in [9.17, 15) is 0 Å². The molecule has 0 bridgehead atoms. The van der Waals surface area contributed by atoms with Crippen molar-refractivity contribution in [3.63, 3.8) is 0 Å². The van der Waals surface area contributed by atoms with Gasteiger partial charge < -0.3 is 9.73 Å². The molecular formula is C11H9Br2ClN2O. The van der Waals surface area contributed by atoms with Crippen LogP contribution in [0.1, 0.15) is 11.3 Å². The van der Waals surface area contributed by atoms with Gasteiger partial charge in [-0.25, -0.2) is 4.98 Å². The summed E-state index contributed by atoms with van der Waals surface area (Å²) in [6.45, 7) is 2.53. The second-order valence-electron chi connectivity index (χ2n) is 3.48. The number of anilines is 1. The first kappa shape index (κ1) is 12.9. The first-order chi connectivity index (χ1) is 8.08. The minimum Gasteiger partial charge on any atom is -0.451 e. The van der Waals surface area contributed by atoms with Crippen LogP contribution in [0.25, 0.3) is 0 Å². The van der Waals surface area contributed by atoms with Crippen LogP contribution in [-0.4, -0.2) is 4.98 Å². The van der Waals surface area contributed by atoms with E-state index in [2.05, 4.69) is 42.2 Å². The molecule has 0 aromatic carbocycles. The highest BCUT2D eigenvalue weighted by atomic mass is 79.9. The van der Waals surface area contributed by atoms with Crippen molar-refractivity contribution in [3.8, 4) is 0 Å². The van der Waals surface area contributed by atoms with E-state index in [-0.39, 0.29) is 0 Å². The predicted octanol–water partition coefficient (Wildman–Crippen LogP) is 4.77. The van der Waals surface area contributed by atoms with E-state index in [1.165, 1.54) is 0 Å². The summed E-state index contributed by atoms with van der Waals surface area (Å²) >= 11 is 12.7. The minimum absolute atomic E-state index is 0.467. The molecule has 0 spiro atoms. The Morgan fingerprint density at radius 1 is 1.47 bits per heavy atom. The van der Waals surface area contributed by atoms with E-state index in [1.54, 1.807) is 6.20 Å². The van der Waals surface area contributed by atoms with Crippen molar-refractivity contribution >= 4 is 49.1 Å². The molecule has 3 nitrogen and oxygen atoms in total. The van der Waals surface area contributed by atoms with Crippen molar-refractivity contribution in [3.05, 3.63) is 43.9 Å². The van der Waals surface area contributed by atoms with Crippen LogP contribution in [-0.2, 0) is 6.54 Å². The lowest BCUT2D eigenvalue weighted by Gasteiger charge is -2.08. The zero-order valence-electron chi connectivity index (χ0n) is 8.93. The number of aryl methyl sites for hydroxylation is 1. The number of aromatic nitrogens is 1. The molecule has 2 heterocycles. The molecule has 0 unspecified atom stereocenters. The minimum atomic E-state index is 0.467. The molecule has 0 amide bonds. The van der Waals surface area contributed by atoms with Crippen LogP contribution in [0, 0.1) is 6.92 Å². The normalized spacial score (nSPS) is 10.6. The van der Waals surface area contributed by atoms with Crippen LogP contribution >= 0.6 is 43.5 Å². The number of nitrogens with zero attached hydrogens (tertiary/aromatic N) is 1. The number of furan rings is 1. The summed E-state index contributed by atoms with van der Waals surface area (Å²) in [6.07, 6.45) is 1.68. The summed E-state index contributed by atoms with van der Waals surface area (Å²) in [7, 11) is 0. The lowest BCUT2D eigenvalue weighted by atomic mass is 10.2. The summed E-state index contributed by atoms with van der Waals surface area (Å²) in [4.78, 5) is 4.03. The van der Waals surface area contributed by atoms with Crippen LogP contribution < -0.4 is 5.32 Å². The molecule has 0 fully saturated rings. The highest BCUT2D eigenvalue weighted by Gasteiger charge is 2.08. The van der Waals surface area contributed by atoms with E-state index >= 15 is 0 Å². The topological polar surface area (TPSA) is 38.1 Å². The Balaban J connectivity index is 2.12. The monoisotopic (exact) mass is 378 g/mol. The highest BCUT2D eigenvalue weighted by Crippen LogP contribution is 2.28. The Labute approximate surface area is 121 Å². The summed E-state index contributed by atoms with van der Waals surface area (Å²) in [5.74, 6) is 0.808. The van der Waals surface area contributed by atoms with Crippen molar-refractivity contribution in [1.82, 2.24) is 4.98 Å². The largest absolute Gasteiger partial charge is 0.451 e. The molecule has 2 rings (SSSR count). The van der Waals surface area contributed by atoms with Gasteiger partial charge in [-0.1, -0.05) is 11.6 Å². The number of hydrogen-bond donors (Lipinski definition) is 1. The van der Waals surface area contributed by atoms with Gasteiger partial charge in [0.05, 0.1) is 16.7 Å². The third-order valence-corrected chi connectivity index (χ3v) is 4.25. The first-order valence-electron chi connectivity index (χ1n) is 4.86. The fourth-order valence-corrected chi connectivity index (χ4v) is 2.32. The van der Waals surface area contributed by atoms with Gasteiger partial charge in [0.1, 0.15) is 5.76 Å². The average Bonchev–Trinajstić information content (AvgIpc) is 2.58. The second kappa shape index (κ2) is 5.42. The average molecular weight is 380 g/mol. The lowest BCUT2D eigenvalue weighted by Crippen LogP contribution is -2.01. The standard InChI is InChI=1S/C11H9Br2ClN2O/c1-6-2-3-15-11(14)9(6)16-5-7-4-8(12)10(13)17-7/h2-4,16H,5H2,1H3. The number of nitrogens with one attached hydrogen (secondary N) is 1. The van der Waals surface area contributed by atoms with Crippen molar-refractivity contribution in [2.75, 3.05) is 5.32 Å². The van der Waals surface area contributed by atoms with Gasteiger partial charge in [-0.3, -0.25) is 0 Å². The summed E-state index contributed by atoms with van der Waals surface area (Å²) in [5.41, 5.74) is 1.88. The molecule has 90 valence electrons. The number of halogens is 3. The second-order valence-corrected chi connectivity index (χ2v) is 5.41. The molecule has 0 aliphatic rings. The summed E-state index contributed by atoms with van der Waals surface area (Å²) in [6, 6.07) is 3.80. The zero-order valence-corrected chi connectivity index (χ0v) is 12.9. The predicted molar refractivity (Wildman–Crippen MR) is 75.4 cm³/mol. The molecule has 0 atom stereocenters. The molecule has 0 saturated heterocycles. The van der Waals surface area contributed by atoms with Gasteiger partial charge >= 0.3 is 0 Å². The van der Waals surface area contributed by atoms with Gasteiger partial charge in [0.15, 0.2) is 9.82 Å². The Morgan fingerprint density at radius 2 is 2.24 bits per heavy atom. The summed E-state index contributed by atoms with van der Waals surface area (Å²) < 4.78 is 7.04. The lowest BCUT2D eigenvalue weighted by molar-refractivity contribution is 0.494. The van der Waals surface area contributed by atoms with Crippen LogP contribution in [0.4, 0.5) is 5.69 Å². The maximum Gasteiger partial charge on any atom is 0.183 e. The Kier molecular flexibility index (Phi) is 4.12. The Morgan fingerprint density at radius 3 is 2.82 bits per heavy atom. The van der Waals surface area contributed by atoms with Crippen LogP contribution in [0.5, 0.6) is 0 Å². The first-order valence-corrected chi connectivity index (χ1v) is 6.83. The van der Waals surface area contributed by atoms with Gasteiger partial charge in [0.25, 0.3) is 0 Å². The van der Waals surface area contributed by atoms with E-state index < -0.39 is 0 Å². The quantitative estimate of drug-likeness (QED) is 0.779. The van der Waals surface area contributed by atoms with Gasteiger partial charge in [-0.2, -0.15) is 0 Å². The molecule has 2 aromatic heterocycles. The van der Waals surface area contributed by atoms with E-state index in [0.717, 1.165) is 21.5 Å². The van der Waals surface area contributed by atoms with Crippen LogP contribution in [0.3, 0.4) is 0 Å². The van der Waals surface area contributed by atoms with Crippen molar-refractivity contribution in [2.24, 2.45) is 0 Å². The molecule has 2 aromatic rings. The zero-order chi connectivity index (χ0) is 12.4. The van der Waals surface area contributed by atoms with E-state index in [4.69, 9.17) is 16.0 Å². The van der Waals surface area contributed by atoms with Gasteiger partial charge in [-0.05, 0) is 56.5 Å². The third-order valence-electron chi connectivity index (χ3n) is 2.25. The smallest absolute Gasteiger partial charge is 0.183 e. The van der Waals surface area contributed by atoms with Gasteiger partial charge in [0, 0.05) is 6.20 Å². The molecule has 0 radical (unpaired) electrons. The highest BCUT2D eigenvalue weighted by molar-refractivity contribution is 9.13. The fourth-order valence-electron chi connectivity index (χ4n) is 1.39. The summed E-state index contributed by atoms with van der Waals surface area (Å²) in [5, 5.41) is 3.68. The maximum atomic E-state index is 6.01. The SMILES string of the molecule is Cc1ccnc(Cl)c1NCc1cc(Br)c(Br)o1. The van der Waals surface area contributed by atoms with E-state index in [1.807, 2.05) is 19.1 Å². The third kappa shape index (κ3) is 3.03. The van der Waals surface area contributed by atoms with Crippen molar-refractivity contribution in [1.29, 1.82) is 0 Å². The molecule has 0 aliphatic heterocycles. The molecule has 1 N–H and O–H groups in total. The molecule has 17 heavy (non-hydrogen) atoms. The Hall–Kier alpha value is -0.520. The molecule has 0 aliphatic carbocycles. The maximum absolute atomic E-state index is 6.01. The van der Waals surface area contributed by atoms with Crippen LogP contribution in [0.2, 0.25) is 5.15 Å². The number of pyridine rings is 1. The molecule has 0 saturated carbocycles. The van der Waals surface area contributed by atoms with Gasteiger partial charge in [0.2, 0.25) is 0 Å². The number of rotatable bonds is 3.